The summed E-state index contributed by atoms with van der Waals surface area (Å²) in [6.07, 6.45) is 2.95. The van der Waals surface area contributed by atoms with E-state index >= 15 is 0 Å². The maximum atomic E-state index is 13.0. The molecule has 4 heterocycles. The van der Waals surface area contributed by atoms with Crippen molar-refractivity contribution in [2.75, 3.05) is 0 Å². The molecule has 11 nitrogen and oxygen atoms in total. The van der Waals surface area contributed by atoms with Crippen LogP contribution in [0.25, 0.3) is 45.0 Å². The highest BCUT2D eigenvalue weighted by Gasteiger charge is 2.31. The van der Waals surface area contributed by atoms with E-state index in [0.29, 0.717) is 5.58 Å². The van der Waals surface area contributed by atoms with E-state index in [1.807, 2.05) is 12.1 Å². The number of furan rings is 1. The van der Waals surface area contributed by atoms with Crippen LogP contribution >= 0.6 is 0 Å². The van der Waals surface area contributed by atoms with Gasteiger partial charge in [0.05, 0.1) is 23.5 Å². The SMILES string of the molecule is Cn1cc(-c2c(-c3cc4ccccc4o3)oc(=O)c(-c3cn(C)nn3)c2C(=O)O)nn1. The van der Waals surface area contributed by atoms with Crippen LogP contribution in [0.4, 0.5) is 0 Å². The van der Waals surface area contributed by atoms with Crippen LogP contribution in [0.3, 0.4) is 0 Å². The van der Waals surface area contributed by atoms with Crippen molar-refractivity contribution in [1.82, 2.24) is 30.0 Å². The fourth-order valence-corrected chi connectivity index (χ4v) is 3.42. The molecule has 31 heavy (non-hydrogen) atoms. The van der Waals surface area contributed by atoms with Gasteiger partial charge in [-0.15, -0.1) is 10.2 Å². The minimum absolute atomic E-state index is 0.0555. The Hall–Kier alpha value is -4.54. The zero-order valence-electron chi connectivity index (χ0n) is 16.3. The predicted molar refractivity (Wildman–Crippen MR) is 107 cm³/mol. The molecule has 0 amide bonds. The first-order valence-corrected chi connectivity index (χ1v) is 9.09. The van der Waals surface area contributed by atoms with Crippen molar-refractivity contribution in [2.24, 2.45) is 14.1 Å². The average molecular weight is 418 g/mol. The quantitative estimate of drug-likeness (QED) is 0.465. The second-order valence-electron chi connectivity index (χ2n) is 6.85. The predicted octanol–water partition coefficient (Wildman–Crippen LogP) is 2.34. The van der Waals surface area contributed by atoms with E-state index in [4.69, 9.17) is 8.83 Å². The van der Waals surface area contributed by atoms with Crippen LogP contribution in [0.2, 0.25) is 0 Å². The highest BCUT2D eigenvalue weighted by molar-refractivity contribution is 6.04. The molecule has 0 fully saturated rings. The van der Waals surface area contributed by atoms with Gasteiger partial charge in [0.1, 0.15) is 22.5 Å². The zero-order chi connectivity index (χ0) is 21.7. The highest BCUT2D eigenvalue weighted by atomic mass is 16.4. The minimum atomic E-state index is -1.36. The third kappa shape index (κ3) is 2.99. The fraction of sp³-hybridized carbons (Fsp3) is 0.100. The molecule has 0 unspecified atom stereocenters. The van der Waals surface area contributed by atoms with Gasteiger partial charge in [-0.2, -0.15) is 0 Å². The Morgan fingerprint density at radius 3 is 2.19 bits per heavy atom. The van der Waals surface area contributed by atoms with Gasteiger partial charge < -0.3 is 13.9 Å². The molecule has 154 valence electrons. The Labute approximate surface area is 173 Å². The fourth-order valence-electron chi connectivity index (χ4n) is 3.42. The summed E-state index contributed by atoms with van der Waals surface area (Å²) in [6.45, 7) is 0. The molecule has 0 spiro atoms. The Morgan fingerprint density at radius 2 is 1.61 bits per heavy atom. The van der Waals surface area contributed by atoms with E-state index in [1.165, 1.54) is 21.8 Å². The lowest BCUT2D eigenvalue weighted by Crippen LogP contribution is -2.15. The summed E-state index contributed by atoms with van der Waals surface area (Å²) in [6, 6.07) is 8.89. The molecule has 1 N–H and O–H groups in total. The van der Waals surface area contributed by atoms with Gasteiger partial charge in [0.25, 0.3) is 0 Å². The Morgan fingerprint density at radius 1 is 0.968 bits per heavy atom. The first-order valence-electron chi connectivity index (χ1n) is 9.09. The Bertz CT molecular complexity index is 1490. The second-order valence-corrected chi connectivity index (χ2v) is 6.85. The molecule has 0 atom stereocenters. The van der Waals surface area contributed by atoms with E-state index in [-0.39, 0.29) is 39.6 Å². The highest BCUT2D eigenvalue weighted by Crippen LogP contribution is 2.38. The van der Waals surface area contributed by atoms with Crippen LogP contribution in [-0.4, -0.2) is 41.1 Å². The number of carbonyl (C=O) groups is 1. The third-order valence-corrected chi connectivity index (χ3v) is 4.71. The molecule has 0 saturated carbocycles. The summed E-state index contributed by atoms with van der Waals surface area (Å²) in [5.74, 6) is -1.23. The molecule has 0 aliphatic heterocycles. The number of carboxylic acid groups (broad SMARTS) is 1. The van der Waals surface area contributed by atoms with Crippen molar-refractivity contribution in [1.29, 1.82) is 0 Å². The van der Waals surface area contributed by atoms with Gasteiger partial charge in [-0.1, -0.05) is 28.6 Å². The summed E-state index contributed by atoms with van der Waals surface area (Å²) in [7, 11) is 3.24. The standard InChI is InChI=1S/C20H14N6O5/c1-25-8-11(21-23-25)15-17(19(27)28)16(12-9-26(2)24-22-12)20(29)31-18(15)14-7-10-5-3-4-6-13(10)30-14/h3-9H,1-2H3,(H,27,28). The average Bonchev–Trinajstić information content (AvgIpc) is 3.46. The molecule has 0 radical (unpaired) electrons. The third-order valence-electron chi connectivity index (χ3n) is 4.71. The Kier molecular flexibility index (Phi) is 4.03. The van der Waals surface area contributed by atoms with Gasteiger partial charge in [0.15, 0.2) is 11.5 Å². The number of carboxylic acids is 1. The van der Waals surface area contributed by atoms with Crippen LogP contribution in [0.5, 0.6) is 0 Å². The monoisotopic (exact) mass is 418 g/mol. The lowest BCUT2D eigenvalue weighted by molar-refractivity contribution is 0.0697. The molecule has 0 saturated heterocycles. The smallest absolute Gasteiger partial charge is 0.346 e. The molecule has 5 aromatic rings. The summed E-state index contributed by atoms with van der Waals surface area (Å²) in [5.41, 5.74) is -0.575. The molecule has 5 rings (SSSR count). The molecule has 0 aliphatic rings. The number of aromatic nitrogens is 6. The Balaban J connectivity index is 1.90. The first-order chi connectivity index (χ1) is 14.9. The molecule has 4 aromatic heterocycles. The summed E-state index contributed by atoms with van der Waals surface area (Å²) < 4.78 is 14.2. The molecule has 1 aromatic carbocycles. The van der Waals surface area contributed by atoms with Gasteiger partial charge in [0.2, 0.25) is 0 Å². The molecule has 11 heteroatoms. The van der Waals surface area contributed by atoms with Gasteiger partial charge in [-0.05, 0) is 12.1 Å². The topological polar surface area (TPSA) is 142 Å². The number of para-hydroxylation sites is 1. The number of fused-ring (bicyclic) bond motifs is 1. The molecule has 0 aliphatic carbocycles. The van der Waals surface area contributed by atoms with Crippen molar-refractivity contribution in [3.05, 3.63) is 58.7 Å². The van der Waals surface area contributed by atoms with Gasteiger partial charge >= 0.3 is 11.6 Å². The number of aromatic carboxylic acids is 1. The normalized spacial score (nSPS) is 11.3. The minimum Gasteiger partial charge on any atom is -0.478 e. The van der Waals surface area contributed by atoms with E-state index in [9.17, 15) is 14.7 Å². The van der Waals surface area contributed by atoms with Crippen molar-refractivity contribution in [2.45, 2.75) is 0 Å². The first kappa shape index (κ1) is 18.5. The number of rotatable bonds is 4. The molecular formula is C20H14N6O5. The number of nitrogens with zero attached hydrogens (tertiary/aromatic N) is 6. The number of hydrogen-bond donors (Lipinski definition) is 1. The van der Waals surface area contributed by atoms with Gasteiger partial charge in [-0.3, -0.25) is 9.36 Å². The van der Waals surface area contributed by atoms with Gasteiger partial charge in [0, 0.05) is 19.5 Å². The molecular weight excluding hydrogens is 404 g/mol. The van der Waals surface area contributed by atoms with Gasteiger partial charge in [-0.25, -0.2) is 9.59 Å². The summed E-state index contributed by atoms with van der Waals surface area (Å²) >= 11 is 0. The van der Waals surface area contributed by atoms with Crippen LogP contribution in [0.1, 0.15) is 10.4 Å². The number of aryl methyl sites for hydroxylation is 2. The van der Waals surface area contributed by atoms with E-state index < -0.39 is 11.6 Å². The van der Waals surface area contributed by atoms with Crippen molar-refractivity contribution >= 4 is 16.9 Å². The van der Waals surface area contributed by atoms with E-state index in [0.717, 1.165) is 5.39 Å². The maximum absolute atomic E-state index is 13.0. The van der Waals surface area contributed by atoms with Crippen LogP contribution < -0.4 is 5.63 Å². The number of benzene rings is 1. The largest absolute Gasteiger partial charge is 0.478 e. The number of hydrogen-bond acceptors (Lipinski definition) is 8. The lowest BCUT2D eigenvalue weighted by atomic mass is 9.97. The molecule has 0 bridgehead atoms. The van der Waals surface area contributed by atoms with Crippen molar-refractivity contribution in [3.63, 3.8) is 0 Å². The second kappa shape index (κ2) is 6.76. The van der Waals surface area contributed by atoms with Crippen LogP contribution in [0.15, 0.2) is 56.4 Å². The van der Waals surface area contributed by atoms with Crippen molar-refractivity contribution in [3.8, 4) is 34.0 Å². The van der Waals surface area contributed by atoms with Crippen LogP contribution in [-0.2, 0) is 14.1 Å². The summed E-state index contributed by atoms with van der Waals surface area (Å²) in [5, 5.41) is 26.5. The zero-order valence-corrected chi connectivity index (χ0v) is 16.3. The lowest BCUT2D eigenvalue weighted by Gasteiger charge is -2.10. The maximum Gasteiger partial charge on any atom is 0.346 e. The van der Waals surface area contributed by atoms with E-state index in [2.05, 4.69) is 20.6 Å². The van der Waals surface area contributed by atoms with Crippen LogP contribution in [0, 0.1) is 0 Å². The summed E-state index contributed by atoms with van der Waals surface area (Å²) in [4.78, 5) is 25.4. The van der Waals surface area contributed by atoms with Crippen molar-refractivity contribution < 1.29 is 18.7 Å². The van der Waals surface area contributed by atoms with E-state index in [1.54, 1.807) is 32.3 Å².